The van der Waals surface area contributed by atoms with Crippen LogP contribution in [-0.4, -0.2) is 11.7 Å². The molecule has 1 N–H and O–H groups in total. The van der Waals surface area contributed by atoms with E-state index < -0.39 is 11.7 Å². The van der Waals surface area contributed by atoms with Crippen LogP contribution in [-0.2, 0) is 19.0 Å². The Balaban J connectivity index is 2.18. The Morgan fingerprint density at radius 1 is 1.00 bits per heavy atom. The molecule has 1 nitrogen and oxygen atoms in total. The second kappa shape index (κ2) is 6.20. The van der Waals surface area contributed by atoms with Crippen molar-refractivity contribution in [3.05, 3.63) is 82.4 Å². The molecule has 0 aromatic heterocycles. The van der Waals surface area contributed by atoms with Gasteiger partial charge in [0, 0.05) is 5.92 Å². The van der Waals surface area contributed by atoms with Gasteiger partial charge in [-0.05, 0) is 47.2 Å². The molecular weight excluding hydrogens is 301 g/mol. The lowest BCUT2D eigenvalue weighted by molar-refractivity contribution is -0.137. The van der Waals surface area contributed by atoms with Crippen molar-refractivity contribution in [2.24, 2.45) is 0 Å². The number of aliphatic hydroxyl groups is 1. The first-order chi connectivity index (χ1) is 11.0. The molecule has 23 heavy (non-hydrogen) atoms. The standard InChI is InChI=1S/C19H17F3O/c20-19(21,22)15-10-9-14-8-7-13-4-1-2-5-16(13)17(6-3-11-23)18(14)12-15/h1-6,9-10,12,17,23H,7-8,11H2/b6-3-. The average Bonchev–Trinajstić information content (AvgIpc) is 2.68. The first-order valence-corrected chi connectivity index (χ1v) is 7.56. The maximum absolute atomic E-state index is 13.1. The van der Waals surface area contributed by atoms with Crippen molar-refractivity contribution in [2.45, 2.75) is 24.9 Å². The molecule has 1 aliphatic carbocycles. The molecule has 0 saturated carbocycles. The molecule has 0 amide bonds. The predicted molar refractivity (Wildman–Crippen MR) is 83.4 cm³/mol. The molecule has 0 aliphatic heterocycles. The molecule has 1 atom stereocenters. The zero-order chi connectivity index (χ0) is 16.4. The summed E-state index contributed by atoms with van der Waals surface area (Å²) in [7, 11) is 0. The van der Waals surface area contributed by atoms with Crippen molar-refractivity contribution in [2.75, 3.05) is 6.61 Å². The zero-order valence-electron chi connectivity index (χ0n) is 12.5. The van der Waals surface area contributed by atoms with Crippen molar-refractivity contribution in [1.82, 2.24) is 0 Å². The highest BCUT2D eigenvalue weighted by Gasteiger charge is 2.32. The first kappa shape index (κ1) is 15.8. The molecule has 0 saturated heterocycles. The van der Waals surface area contributed by atoms with Gasteiger partial charge in [-0.2, -0.15) is 13.2 Å². The molecular formula is C19H17F3O. The monoisotopic (exact) mass is 318 g/mol. The lowest BCUT2D eigenvalue weighted by Crippen LogP contribution is -2.08. The number of aryl methyl sites for hydroxylation is 2. The largest absolute Gasteiger partial charge is 0.416 e. The van der Waals surface area contributed by atoms with Crippen LogP contribution in [0.2, 0.25) is 0 Å². The van der Waals surface area contributed by atoms with Gasteiger partial charge in [-0.1, -0.05) is 42.5 Å². The van der Waals surface area contributed by atoms with Crippen LogP contribution >= 0.6 is 0 Å². The molecule has 1 unspecified atom stereocenters. The smallest absolute Gasteiger partial charge is 0.392 e. The fourth-order valence-corrected chi connectivity index (χ4v) is 3.19. The Morgan fingerprint density at radius 2 is 1.70 bits per heavy atom. The highest BCUT2D eigenvalue weighted by atomic mass is 19.4. The molecule has 2 aromatic carbocycles. The maximum Gasteiger partial charge on any atom is 0.416 e. The lowest BCUT2D eigenvalue weighted by atomic mass is 9.87. The summed E-state index contributed by atoms with van der Waals surface area (Å²) in [5.41, 5.74) is 3.13. The summed E-state index contributed by atoms with van der Waals surface area (Å²) in [4.78, 5) is 0. The molecule has 0 fully saturated rings. The SMILES string of the molecule is OC/C=C\C1c2ccccc2CCc2ccc(C(F)(F)F)cc21. The summed E-state index contributed by atoms with van der Waals surface area (Å²) in [6.45, 7) is -0.132. The number of allylic oxidation sites excluding steroid dienone is 1. The third kappa shape index (κ3) is 3.17. The van der Waals surface area contributed by atoms with Gasteiger partial charge < -0.3 is 5.11 Å². The van der Waals surface area contributed by atoms with E-state index in [9.17, 15) is 13.2 Å². The quantitative estimate of drug-likeness (QED) is 0.809. The normalized spacial score (nSPS) is 17.7. The summed E-state index contributed by atoms with van der Waals surface area (Å²) in [6.07, 6.45) is 0.554. The van der Waals surface area contributed by atoms with E-state index in [1.165, 1.54) is 6.07 Å². The van der Waals surface area contributed by atoms with Gasteiger partial charge in [0.1, 0.15) is 0 Å². The fraction of sp³-hybridized carbons (Fsp3) is 0.263. The van der Waals surface area contributed by atoms with Crippen molar-refractivity contribution in [3.63, 3.8) is 0 Å². The number of halogens is 3. The minimum Gasteiger partial charge on any atom is -0.392 e. The first-order valence-electron chi connectivity index (χ1n) is 7.56. The van der Waals surface area contributed by atoms with Gasteiger partial charge in [0.15, 0.2) is 0 Å². The molecule has 120 valence electrons. The Bertz CT molecular complexity index is 732. The van der Waals surface area contributed by atoms with Gasteiger partial charge in [-0.15, -0.1) is 0 Å². The highest BCUT2D eigenvalue weighted by Crippen LogP contribution is 2.38. The van der Waals surface area contributed by atoms with E-state index in [1.54, 1.807) is 18.2 Å². The minimum absolute atomic E-state index is 0.132. The second-order valence-corrected chi connectivity index (χ2v) is 5.70. The summed E-state index contributed by atoms with van der Waals surface area (Å²) in [5, 5.41) is 9.08. The molecule has 0 spiro atoms. The van der Waals surface area contributed by atoms with E-state index in [4.69, 9.17) is 5.11 Å². The third-order valence-electron chi connectivity index (χ3n) is 4.30. The van der Waals surface area contributed by atoms with Gasteiger partial charge in [-0.3, -0.25) is 0 Å². The van der Waals surface area contributed by atoms with Crippen LogP contribution in [0.5, 0.6) is 0 Å². The zero-order valence-corrected chi connectivity index (χ0v) is 12.5. The maximum atomic E-state index is 13.1. The minimum atomic E-state index is -4.36. The topological polar surface area (TPSA) is 20.2 Å². The fourth-order valence-electron chi connectivity index (χ4n) is 3.19. The van der Waals surface area contributed by atoms with Crippen LogP contribution in [0.15, 0.2) is 54.6 Å². The number of hydrogen-bond acceptors (Lipinski definition) is 1. The number of benzene rings is 2. The van der Waals surface area contributed by atoms with Crippen LogP contribution in [0.3, 0.4) is 0 Å². The van der Waals surface area contributed by atoms with Gasteiger partial charge in [0.2, 0.25) is 0 Å². The van der Waals surface area contributed by atoms with E-state index in [2.05, 4.69) is 0 Å². The van der Waals surface area contributed by atoms with Crippen molar-refractivity contribution < 1.29 is 18.3 Å². The summed E-state index contributed by atoms with van der Waals surface area (Å²) in [5.74, 6) is -0.266. The van der Waals surface area contributed by atoms with Gasteiger partial charge in [-0.25, -0.2) is 0 Å². The third-order valence-corrected chi connectivity index (χ3v) is 4.30. The number of hydrogen-bond donors (Lipinski definition) is 1. The van der Waals surface area contributed by atoms with E-state index in [0.29, 0.717) is 12.0 Å². The predicted octanol–water partition coefficient (Wildman–Crippen LogP) is 4.48. The summed E-state index contributed by atoms with van der Waals surface area (Å²) < 4.78 is 39.2. The lowest BCUT2D eigenvalue weighted by Gasteiger charge is -2.18. The molecule has 0 heterocycles. The van der Waals surface area contributed by atoms with Crippen molar-refractivity contribution >= 4 is 0 Å². The molecule has 3 rings (SSSR count). The molecule has 0 bridgehead atoms. The second-order valence-electron chi connectivity index (χ2n) is 5.70. The number of rotatable bonds is 2. The van der Waals surface area contributed by atoms with Crippen LogP contribution in [0.4, 0.5) is 13.2 Å². The van der Waals surface area contributed by atoms with Gasteiger partial charge in [0.25, 0.3) is 0 Å². The summed E-state index contributed by atoms with van der Waals surface area (Å²) in [6, 6.07) is 11.8. The van der Waals surface area contributed by atoms with Crippen LogP contribution < -0.4 is 0 Å². The number of fused-ring (bicyclic) bond motifs is 2. The Hall–Kier alpha value is -2.07. The van der Waals surface area contributed by atoms with Gasteiger partial charge >= 0.3 is 6.18 Å². The molecule has 2 aromatic rings. The van der Waals surface area contributed by atoms with E-state index in [-0.39, 0.29) is 12.5 Å². The van der Waals surface area contributed by atoms with Crippen LogP contribution in [0.25, 0.3) is 0 Å². The Morgan fingerprint density at radius 3 is 2.39 bits per heavy atom. The number of aliphatic hydroxyl groups excluding tert-OH is 1. The highest BCUT2D eigenvalue weighted by molar-refractivity contribution is 5.49. The summed E-state index contributed by atoms with van der Waals surface area (Å²) >= 11 is 0. The number of alkyl halides is 3. The van der Waals surface area contributed by atoms with Crippen molar-refractivity contribution in [1.29, 1.82) is 0 Å². The molecule has 1 aliphatic rings. The van der Waals surface area contributed by atoms with Crippen molar-refractivity contribution in [3.8, 4) is 0 Å². The Labute approximate surface area is 133 Å². The van der Waals surface area contributed by atoms with Crippen LogP contribution in [0, 0.1) is 0 Å². The Kier molecular flexibility index (Phi) is 4.26. The van der Waals surface area contributed by atoms with E-state index >= 15 is 0 Å². The van der Waals surface area contributed by atoms with E-state index in [1.807, 2.05) is 24.3 Å². The van der Waals surface area contributed by atoms with Crippen LogP contribution in [0.1, 0.15) is 33.7 Å². The molecule has 0 radical (unpaired) electrons. The average molecular weight is 318 g/mol. The van der Waals surface area contributed by atoms with Gasteiger partial charge in [0.05, 0.1) is 12.2 Å². The molecule has 4 heteroatoms. The van der Waals surface area contributed by atoms with E-state index in [0.717, 1.165) is 29.2 Å².